The van der Waals surface area contributed by atoms with Gasteiger partial charge in [-0.1, -0.05) is 18.6 Å². The number of benzene rings is 1. The molecule has 12 heteroatoms. The maximum Gasteiger partial charge on any atom is 0.311 e. The van der Waals surface area contributed by atoms with E-state index in [9.17, 15) is 13.5 Å². The summed E-state index contributed by atoms with van der Waals surface area (Å²) in [6, 6.07) is 8.56. The van der Waals surface area contributed by atoms with Gasteiger partial charge in [0, 0.05) is 45.0 Å². The number of rotatable bonds is 7. The zero-order chi connectivity index (χ0) is 22.7. The lowest BCUT2D eigenvalue weighted by Gasteiger charge is -2.14. The highest BCUT2D eigenvalue weighted by molar-refractivity contribution is 7.87. The van der Waals surface area contributed by atoms with Gasteiger partial charge in [-0.3, -0.25) is 4.57 Å². The van der Waals surface area contributed by atoms with Crippen molar-refractivity contribution >= 4 is 16.2 Å². The molecule has 4 rings (SSSR count). The molecule has 0 bridgehead atoms. The first-order chi connectivity index (χ1) is 15.4. The van der Waals surface area contributed by atoms with Crippen LogP contribution in [0.3, 0.4) is 0 Å². The van der Waals surface area contributed by atoms with E-state index in [-0.39, 0.29) is 18.3 Å². The first kappa shape index (κ1) is 21.6. The van der Waals surface area contributed by atoms with Gasteiger partial charge < -0.3 is 15.2 Å². The van der Waals surface area contributed by atoms with Crippen LogP contribution in [0.4, 0.5) is 5.95 Å². The van der Waals surface area contributed by atoms with Crippen molar-refractivity contribution in [2.75, 3.05) is 31.5 Å². The van der Waals surface area contributed by atoms with Gasteiger partial charge >= 0.3 is 6.01 Å². The fraction of sp³-hybridized carbons (Fsp3) is 0.250. The molecule has 3 aromatic rings. The average molecular weight is 456 g/mol. The molecule has 32 heavy (non-hydrogen) atoms. The number of anilines is 1. The number of phenols is 1. The molecule has 1 aliphatic heterocycles. The standard InChI is InChI=1S/C20H21N7O4S/c1-3-31-20-25-17(14-5-4-6-15(28)13-14)18(26(20)2)16-7-8-21-19(24-16)22-9-11-27-12-10-23-32(27,29)30/h1,4-8,13,23,28H,9-12H2,2H3,(H,21,22,24). The summed E-state index contributed by atoms with van der Waals surface area (Å²) in [5.41, 5.74) is 2.32. The lowest BCUT2D eigenvalue weighted by atomic mass is 10.1. The summed E-state index contributed by atoms with van der Waals surface area (Å²) in [6.07, 6.45) is 8.99. The molecule has 0 aliphatic carbocycles. The molecule has 0 radical (unpaired) electrons. The third-order valence-electron chi connectivity index (χ3n) is 4.85. The molecule has 11 nitrogen and oxygen atoms in total. The SMILES string of the molecule is C#COc1nc(-c2cccc(O)c2)c(-c2ccnc(NCCN3CCNS3(=O)=O)n2)n1C. The number of phenolic OH excluding ortho intramolecular Hbond substituents is 1. The molecule has 0 unspecified atom stereocenters. The minimum atomic E-state index is -3.40. The Labute approximate surface area is 185 Å². The Hall–Kier alpha value is -3.66. The van der Waals surface area contributed by atoms with Crippen LogP contribution in [0.15, 0.2) is 36.5 Å². The van der Waals surface area contributed by atoms with Gasteiger partial charge in [0.05, 0.1) is 11.4 Å². The molecule has 1 saturated heterocycles. The third kappa shape index (κ3) is 4.35. The van der Waals surface area contributed by atoms with Gasteiger partial charge in [-0.25, -0.2) is 14.7 Å². The normalized spacial score (nSPS) is 15.4. The monoisotopic (exact) mass is 455 g/mol. The Morgan fingerprint density at radius 3 is 2.91 bits per heavy atom. The van der Waals surface area contributed by atoms with Gasteiger partial charge in [0.1, 0.15) is 17.5 Å². The van der Waals surface area contributed by atoms with E-state index in [1.54, 1.807) is 48.1 Å². The summed E-state index contributed by atoms with van der Waals surface area (Å²) in [4.78, 5) is 13.2. The maximum absolute atomic E-state index is 11.8. The molecule has 0 amide bonds. The molecule has 0 saturated carbocycles. The number of nitrogens with one attached hydrogen (secondary N) is 2. The molecular formula is C20H21N7O4S. The summed E-state index contributed by atoms with van der Waals surface area (Å²) in [6.45, 7) is 1.43. The zero-order valence-corrected chi connectivity index (χ0v) is 18.0. The molecule has 1 aromatic carbocycles. The molecule has 166 valence electrons. The zero-order valence-electron chi connectivity index (χ0n) is 17.2. The second-order valence-corrected chi connectivity index (χ2v) is 8.67. The van der Waals surface area contributed by atoms with Gasteiger partial charge in [-0.15, -0.1) is 0 Å². The van der Waals surface area contributed by atoms with Crippen molar-refractivity contribution in [3.8, 4) is 46.9 Å². The summed E-state index contributed by atoms with van der Waals surface area (Å²) in [7, 11) is -1.66. The van der Waals surface area contributed by atoms with Crippen LogP contribution in [0.1, 0.15) is 0 Å². The molecule has 1 aliphatic rings. The molecule has 0 atom stereocenters. The van der Waals surface area contributed by atoms with Crippen LogP contribution in [-0.2, 0) is 17.3 Å². The second kappa shape index (κ2) is 8.83. The smallest absolute Gasteiger partial charge is 0.311 e. The van der Waals surface area contributed by atoms with Crippen LogP contribution in [0.5, 0.6) is 11.8 Å². The summed E-state index contributed by atoms with van der Waals surface area (Å²) in [5.74, 6) is 0.421. The number of nitrogens with zero attached hydrogens (tertiary/aromatic N) is 5. The van der Waals surface area contributed by atoms with Crippen molar-refractivity contribution in [3.05, 3.63) is 36.5 Å². The predicted octanol–water partition coefficient (Wildman–Crippen LogP) is 0.781. The van der Waals surface area contributed by atoms with Gasteiger partial charge in [-0.05, 0) is 18.2 Å². The Morgan fingerprint density at radius 2 is 2.19 bits per heavy atom. The number of imidazole rings is 1. The highest BCUT2D eigenvalue weighted by Gasteiger charge is 2.27. The number of hydrogen-bond donors (Lipinski definition) is 3. The van der Waals surface area contributed by atoms with Gasteiger partial charge in [-0.2, -0.15) is 17.7 Å². The van der Waals surface area contributed by atoms with Crippen LogP contribution >= 0.6 is 0 Å². The predicted molar refractivity (Wildman–Crippen MR) is 118 cm³/mol. The molecule has 1 fully saturated rings. The van der Waals surface area contributed by atoms with E-state index in [0.29, 0.717) is 48.2 Å². The third-order valence-corrected chi connectivity index (χ3v) is 6.47. The van der Waals surface area contributed by atoms with Crippen molar-refractivity contribution in [1.82, 2.24) is 28.5 Å². The van der Waals surface area contributed by atoms with E-state index in [0.717, 1.165) is 0 Å². The van der Waals surface area contributed by atoms with E-state index in [2.05, 4.69) is 31.1 Å². The van der Waals surface area contributed by atoms with E-state index in [1.165, 1.54) is 4.31 Å². The highest BCUT2D eigenvalue weighted by Crippen LogP contribution is 2.35. The van der Waals surface area contributed by atoms with Crippen LogP contribution in [0, 0.1) is 12.5 Å². The Bertz CT molecular complexity index is 1280. The maximum atomic E-state index is 11.8. The number of aromatic hydroxyl groups is 1. The number of aromatic nitrogens is 4. The fourth-order valence-corrected chi connectivity index (χ4v) is 4.58. The number of terminal acetylenes is 1. The van der Waals surface area contributed by atoms with E-state index < -0.39 is 10.2 Å². The van der Waals surface area contributed by atoms with Gasteiger partial charge in [0.15, 0.2) is 0 Å². The summed E-state index contributed by atoms with van der Waals surface area (Å²) in [5, 5.41) is 12.9. The van der Waals surface area contributed by atoms with Crippen molar-refractivity contribution < 1.29 is 18.3 Å². The van der Waals surface area contributed by atoms with Crippen LogP contribution in [0.25, 0.3) is 22.6 Å². The Morgan fingerprint density at radius 1 is 1.34 bits per heavy atom. The average Bonchev–Trinajstić information content (AvgIpc) is 3.27. The van der Waals surface area contributed by atoms with Crippen LogP contribution < -0.4 is 14.8 Å². The Kier molecular flexibility index (Phi) is 5.95. The first-order valence-corrected chi connectivity index (χ1v) is 11.1. The van der Waals surface area contributed by atoms with Crippen LogP contribution in [-0.4, -0.2) is 63.5 Å². The molecule has 2 aromatic heterocycles. The van der Waals surface area contributed by atoms with Crippen molar-refractivity contribution in [2.24, 2.45) is 7.05 Å². The number of hydrogen-bond acceptors (Lipinski definition) is 8. The largest absolute Gasteiger partial charge is 0.508 e. The lowest BCUT2D eigenvalue weighted by Crippen LogP contribution is -2.33. The minimum absolute atomic E-state index is 0.0925. The Balaban J connectivity index is 1.63. The second-order valence-electron chi connectivity index (χ2n) is 6.91. The quantitative estimate of drug-likeness (QED) is 0.445. The number of ether oxygens (including phenoxy) is 1. The van der Waals surface area contributed by atoms with Gasteiger partial charge in [0.2, 0.25) is 5.95 Å². The molecule has 3 heterocycles. The van der Waals surface area contributed by atoms with Crippen LogP contribution in [0.2, 0.25) is 0 Å². The lowest BCUT2D eigenvalue weighted by molar-refractivity contribution is 0.456. The van der Waals surface area contributed by atoms with E-state index in [4.69, 9.17) is 11.2 Å². The fourth-order valence-electron chi connectivity index (χ4n) is 3.38. The van der Waals surface area contributed by atoms with Gasteiger partial charge in [0.25, 0.3) is 10.2 Å². The van der Waals surface area contributed by atoms with Crippen molar-refractivity contribution in [3.63, 3.8) is 0 Å². The molecule has 3 N–H and O–H groups in total. The summed E-state index contributed by atoms with van der Waals surface area (Å²) >= 11 is 0. The summed E-state index contributed by atoms with van der Waals surface area (Å²) < 4.78 is 34.3. The first-order valence-electron chi connectivity index (χ1n) is 9.69. The van der Waals surface area contributed by atoms with Crippen molar-refractivity contribution in [2.45, 2.75) is 0 Å². The minimum Gasteiger partial charge on any atom is -0.508 e. The van der Waals surface area contributed by atoms with Crippen molar-refractivity contribution in [1.29, 1.82) is 0 Å². The molecule has 0 spiro atoms. The van der Waals surface area contributed by atoms with E-state index >= 15 is 0 Å². The topological polar surface area (TPSA) is 134 Å². The highest BCUT2D eigenvalue weighted by atomic mass is 32.2. The van der Waals surface area contributed by atoms with E-state index in [1.807, 2.05) is 0 Å². The molecular weight excluding hydrogens is 434 g/mol.